The summed E-state index contributed by atoms with van der Waals surface area (Å²) in [6.45, 7) is 0.386. The summed E-state index contributed by atoms with van der Waals surface area (Å²) in [5.74, 6) is -0.0537. The second-order valence-electron chi connectivity index (χ2n) is 10.8. The molecule has 40 heavy (non-hydrogen) atoms. The maximum Gasteiger partial charge on any atom is 0.243 e. The molecule has 5 heteroatoms. The summed E-state index contributed by atoms with van der Waals surface area (Å²) in [7, 11) is 0. The van der Waals surface area contributed by atoms with Crippen LogP contribution < -0.4 is 5.32 Å². The van der Waals surface area contributed by atoms with Gasteiger partial charge in [-0.05, 0) is 58.9 Å². The third kappa shape index (κ3) is 7.39. The van der Waals surface area contributed by atoms with Crippen molar-refractivity contribution in [1.29, 1.82) is 0 Å². The number of hydrogen-bond donors (Lipinski definition) is 1. The van der Waals surface area contributed by atoms with Gasteiger partial charge in [-0.3, -0.25) is 9.59 Å². The molecule has 0 aliphatic heterocycles. The van der Waals surface area contributed by atoms with Gasteiger partial charge in [0, 0.05) is 29.9 Å². The van der Waals surface area contributed by atoms with E-state index >= 15 is 0 Å². The molecule has 0 heterocycles. The molecule has 0 unspecified atom stereocenters. The van der Waals surface area contributed by atoms with E-state index in [0.29, 0.717) is 25.8 Å². The molecule has 4 aromatic rings. The number of amides is 2. The van der Waals surface area contributed by atoms with Crippen molar-refractivity contribution in [2.24, 2.45) is 0 Å². The van der Waals surface area contributed by atoms with Gasteiger partial charge in [0.1, 0.15) is 6.04 Å². The highest BCUT2D eigenvalue weighted by molar-refractivity contribution is 9.10. The van der Waals surface area contributed by atoms with E-state index in [-0.39, 0.29) is 17.9 Å². The van der Waals surface area contributed by atoms with Gasteiger partial charge in [-0.25, -0.2) is 0 Å². The van der Waals surface area contributed by atoms with Crippen LogP contribution in [0.1, 0.15) is 55.2 Å². The van der Waals surface area contributed by atoms with Gasteiger partial charge in [-0.2, -0.15) is 0 Å². The molecule has 0 radical (unpaired) electrons. The topological polar surface area (TPSA) is 49.4 Å². The van der Waals surface area contributed by atoms with Gasteiger partial charge in [0.15, 0.2) is 0 Å². The lowest BCUT2D eigenvalue weighted by Gasteiger charge is -2.33. The Labute approximate surface area is 245 Å². The lowest BCUT2D eigenvalue weighted by Crippen LogP contribution is -2.52. The Bertz CT molecular complexity index is 1410. The molecule has 1 N–H and O–H groups in total. The normalized spacial score (nSPS) is 14.5. The summed E-state index contributed by atoms with van der Waals surface area (Å²) in [5.41, 5.74) is 3.21. The molecule has 206 valence electrons. The molecule has 0 saturated heterocycles. The van der Waals surface area contributed by atoms with Crippen LogP contribution in [0.15, 0.2) is 102 Å². The molecule has 2 amide bonds. The van der Waals surface area contributed by atoms with Crippen molar-refractivity contribution in [2.45, 2.75) is 70.0 Å². The minimum absolute atomic E-state index is 0.00409. The monoisotopic (exact) mass is 596 g/mol. The van der Waals surface area contributed by atoms with E-state index in [0.717, 1.165) is 46.8 Å². The fraction of sp³-hybridized carbons (Fsp3) is 0.314. The third-order valence-corrected chi connectivity index (χ3v) is 8.51. The quantitative estimate of drug-likeness (QED) is 0.205. The summed E-state index contributed by atoms with van der Waals surface area (Å²) >= 11 is 3.52. The number of benzene rings is 4. The maximum atomic E-state index is 14.1. The molecular formula is C35H37BrN2O2. The zero-order valence-electron chi connectivity index (χ0n) is 22.9. The van der Waals surface area contributed by atoms with E-state index in [2.05, 4.69) is 51.6 Å². The van der Waals surface area contributed by atoms with Gasteiger partial charge in [0.2, 0.25) is 11.8 Å². The third-order valence-electron chi connectivity index (χ3n) is 7.98. The molecule has 4 aromatic carbocycles. The van der Waals surface area contributed by atoms with Crippen molar-refractivity contribution in [3.05, 3.63) is 118 Å². The Morgan fingerprint density at radius 1 is 0.800 bits per heavy atom. The van der Waals surface area contributed by atoms with Crippen LogP contribution in [-0.4, -0.2) is 28.8 Å². The number of carbonyl (C=O) groups excluding carboxylic acids is 2. The zero-order chi connectivity index (χ0) is 27.7. The molecule has 0 bridgehead atoms. The maximum absolute atomic E-state index is 14.1. The Hall–Kier alpha value is -3.44. The molecule has 1 aliphatic carbocycles. The highest BCUT2D eigenvalue weighted by Crippen LogP contribution is 2.23. The van der Waals surface area contributed by atoms with Crippen LogP contribution in [0.3, 0.4) is 0 Å². The molecule has 0 spiro atoms. The second-order valence-corrected chi connectivity index (χ2v) is 11.8. The van der Waals surface area contributed by atoms with Gasteiger partial charge < -0.3 is 10.2 Å². The largest absolute Gasteiger partial charge is 0.352 e. The first-order valence-corrected chi connectivity index (χ1v) is 15.2. The van der Waals surface area contributed by atoms with E-state index in [9.17, 15) is 9.59 Å². The highest BCUT2D eigenvalue weighted by Gasteiger charge is 2.31. The van der Waals surface area contributed by atoms with E-state index in [1.54, 1.807) is 0 Å². The number of nitrogens with one attached hydrogen (secondary N) is 1. The van der Waals surface area contributed by atoms with Crippen molar-refractivity contribution < 1.29 is 9.59 Å². The van der Waals surface area contributed by atoms with Crippen LogP contribution in [0.2, 0.25) is 0 Å². The number of aryl methyl sites for hydroxylation is 1. The molecule has 1 saturated carbocycles. The zero-order valence-corrected chi connectivity index (χ0v) is 24.5. The summed E-state index contributed by atoms with van der Waals surface area (Å²) in [4.78, 5) is 29.9. The van der Waals surface area contributed by atoms with E-state index < -0.39 is 6.04 Å². The number of fused-ring (bicyclic) bond motifs is 1. The van der Waals surface area contributed by atoms with Crippen molar-refractivity contribution >= 4 is 38.5 Å². The van der Waals surface area contributed by atoms with Crippen LogP contribution in [0.25, 0.3) is 10.8 Å². The van der Waals surface area contributed by atoms with E-state index in [1.807, 2.05) is 71.6 Å². The Kier molecular flexibility index (Phi) is 9.67. The number of carbonyl (C=O) groups is 2. The summed E-state index contributed by atoms with van der Waals surface area (Å²) in [6.07, 6.45) is 6.96. The van der Waals surface area contributed by atoms with E-state index in [4.69, 9.17) is 0 Å². The van der Waals surface area contributed by atoms with Gasteiger partial charge in [-0.1, -0.05) is 120 Å². The predicted molar refractivity (Wildman–Crippen MR) is 166 cm³/mol. The lowest BCUT2D eigenvalue weighted by molar-refractivity contribution is -0.141. The Morgan fingerprint density at radius 2 is 1.50 bits per heavy atom. The van der Waals surface area contributed by atoms with E-state index in [1.165, 1.54) is 17.2 Å². The SMILES string of the molecule is O=C(NC1CCCCC1)[C@@H](Cc1ccccc1)N(Cc1ccc(Br)cc1)C(=O)CCc1cccc2ccccc12. The first-order chi connectivity index (χ1) is 19.6. The fourth-order valence-corrected chi connectivity index (χ4v) is 6.04. The van der Waals surface area contributed by atoms with Crippen LogP contribution in [0.5, 0.6) is 0 Å². The average Bonchev–Trinajstić information content (AvgIpc) is 2.99. The van der Waals surface area contributed by atoms with Crippen LogP contribution in [0.4, 0.5) is 0 Å². The van der Waals surface area contributed by atoms with Gasteiger partial charge >= 0.3 is 0 Å². The number of nitrogens with zero attached hydrogens (tertiary/aromatic N) is 1. The van der Waals surface area contributed by atoms with Crippen molar-refractivity contribution in [3.63, 3.8) is 0 Å². The smallest absolute Gasteiger partial charge is 0.243 e. The number of halogens is 1. The van der Waals surface area contributed by atoms with Crippen LogP contribution >= 0.6 is 15.9 Å². The molecule has 1 aliphatic rings. The minimum atomic E-state index is -0.590. The second kappa shape index (κ2) is 13.8. The van der Waals surface area contributed by atoms with Crippen LogP contribution in [-0.2, 0) is 29.0 Å². The molecular weight excluding hydrogens is 560 g/mol. The number of rotatable bonds is 10. The average molecular weight is 598 g/mol. The first-order valence-electron chi connectivity index (χ1n) is 14.4. The summed E-state index contributed by atoms with van der Waals surface area (Å²) in [6, 6.07) is 32.2. The summed E-state index contributed by atoms with van der Waals surface area (Å²) < 4.78 is 0.987. The van der Waals surface area contributed by atoms with Gasteiger partial charge in [-0.15, -0.1) is 0 Å². The fourth-order valence-electron chi connectivity index (χ4n) is 5.78. The molecule has 1 atom stereocenters. The number of hydrogen-bond acceptors (Lipinski definition) is 2. The molecule has 4 nitrogen and oxygen atoms in total. The van der Waals surface area contributed by atoms with Gasteiger partial charge in [0.25, 0.3) is 0 Å². The lowest BCUT2D eigenvalue weighted by atomic mass is 9.94. The van der Waals surface area contributed by atoms with Crippen LogP contribution in [0, 0.1) is 0 Å². The van der Waals surface area contributed by atoms with Gasteiger partial charge in [0.05, 0.1) is 0 Å². The first kappa shape index (κ1) is 28.1. The van der Waals surface area contributed by atoms with Crippen molar-refractivity contribution in [2.75, 3.05) is 0 Å². The molecule has 1 fully saturated rings. The molecule has 0 aromatic heterocycles. The van der Waals surface area contributed by atoms with Crippen molar-refractivity contribution in [1.82, 2.24) is 10.2 Å². The Balaban J connectivity index is 1.43. The highest BCUT2D eigenvalue weighted by atomic mass is 79.9. The molecule has 5 rings (SSSR count). The standard InChI is InChI=1S/C35H37BrN2O2/c36-30-21-18-27(19-22-30)25-38(34(39)23-20-29-14-9-13-28-12-7-8-17-32(28)29)33(24-26-10-3-1-4-11-26)35(40)37-31-15-5-2-6-16-31/h1,3-4,7-14,17-19,21-22,31,33H,2,5-6,15-16,20,23-25H2,(H,37,40)/t33-/m1/s1. The summed E-state index contributed by atoms with van der Waals surface area (Å²) in [5, 5.41) is 5.68. The predicted octanol–water partition coefficient (Wildman–Crippen LogP) is 7.62. The van der Waals surface area contributed by atoms with Crippen molar-refractivity contribution in [3.8, 4) is 0 Å². The Morgan fingerprint density at radius 3 is 2.27 bits per heavy atom. The minimum Gasteiger partial charge on any atom is -0.352 e.